The molecule has 0 atom stereocenters. The van der Waals surface area contributed by atoms with Crippen molar-refractivity contribution in [3.63, 3.8) is 0 Å². The summed E-state index contributed by atoms with van der Waals surface area (Å²) in [6, 6.07) is 0. The summed E-state index contributed by atoms with van der Waals surface area (Å²) < 4.78 is 1.69. The Balaban J connectivity index is 1.77. The number of aromatic nitrogens is 3. The summed E-state index contributed by atoms with van der Waals surface area (Å²) in [6.45, 7) is 10.9. The minimum atomic E-state index is -0.410. The van der Waals surface area contributed by atoms with Gasteiger partial charge < -0.3 is 4.90 Å². The normalized spacial score (nSPS) is 17.9. The molecule has 0 spiro atoms. The van der Waals surface area contributed by atoms with Gasteiger partial charge in [-0.05, 0) is 37.3 Å². The first-order valence-electron chi connectivity index (χ1n) is 7.53. The first-order valence-corrected chi connectivity index (χ1v) is 7.53. The van der Waals surface area contributed by atoms with E-state index < -0.39 is 5.91 Å². The van der Waals surface area contributed by atoms with Crippen molar-refractivity contribution in [3.8, 4) is 0 Å². The largest absolute Gasteiger partial charge is 0.301 e. The van der Waals surface area contributed by atoms with E-state index in [9.17, 15) is 4.79 Å². The zero-order valence-electron chi connectivity index (χ0n) is 13.2. The van der Waals surface area contributed by atoms with Crippen LogP contribution >= 0.6 is 0 Å². The number of rotatable bonds is 4. The average molecular weight is 294 g/mol. The predicted octanol–water partition coefficient (Wildman–Crippen LogP) is 0.640. The van der Waals surface area contributed by atoms with Crippen LogP contribution in [0.4, 0.5) is 0 Å². The molecule has 1 saturated heterocycles. The molecule has 7 nitrogen and oxygen atoms in total. The number of piperidine rings is 1. The summed E-state index contributed by atoms with van der Waals surface area (Å²) >= 11 is 0. The van der Waals surface area contributed by atoms with Crippen LogP contribution in [0.2, 0.25) is 0 Å². The van der Waals surface area contributed by atoms with Gasteiger partial charge in [-0.2, -0.15) is 0 Å². The van der Waals surface area contributed by atoms with E-state index in [1.807, 2.05) is 0 Å². The third-order valence-electron chi connectivity index (χ3n) is 4.36. The summed E-state index contributed by atoms with van der Waals surface area (Å²) in [5.74, 6) is 5.46. The van der Waals surface area contributed by atoms with E-state index in [1.54, 1.807) is 10.9 Å². The zero-order valence-corrected chi connectivity index (χ0v) is 13.2. The second kappa shape index (κ2) is 6.53. The molecule has 0 aliphatic carbocycles. The van der Waals surface area contributed by atoms with Crippen molar-refractivity contribution in [2.24, 2.45) is 17.2 Å². The van der Waals surface area contributed by atoms with Crippen LogP contribution < -0.4 is 11.3 Å². The molecule has 118 valence electrons. The Hall–Kier alpha value is -1.47. The Morgan fingerprint density at radius 1 is 1.38 bits per heavy atom. The molecule has 1 aromatic rings. The second-order valence-corrected chi connectivity index (χ2v) is 6.82. The van der Waals surface area contributed by atoms with Gasteiger partial charge in [-0.3, -0.25) is 14.9 Å². The number of nitrogens with one attached hydrogen (secondary N) is 1. The number of likely N-dealkylation sites (tertiary alicyclic amines) is 1. The number of amides is 1. The molecule has 1 amide bonds. The lowest BCUT2D eigenvalue weighted by molar-refractivity contribution is 0.0948. The quantitative estimate of drug-likeness (QED) is 0.483. The van der Waals surface area contributed by atoms with Crippen molar-refractivity contribution in [1.29, 1.82) is 0 Å². The fourth-order valence-corrected chi connectivity index (χ4v) is 2.85. The van der Waals surface area contributed by atoms with E-state index in [4.69, 9.17) is 5.84 Å². The number of hydrazine groups is 1. The molecule has 0 aromatic carbocycles. The zero-order chi connectivity index (χ0) is 15.5. The topological polar surface area (TPSA) is 89.1 Å². The molecule has 2 heterocycles. The Morgan fingerprint density at radius 3 is 2.62 bits per heavy atom. The molecule has 0 radical (unpaired) electrons. The highest BCUT2D eigenvalue weighted by molar-refractivity contribution is 5.91. The van der Waals surface area contributed by atoms with E-state index in [-0.39, 0.29) is 5.69 Å². The van der Waals surface area contributed by atoms with E-state index in [1.165, 1.54) is 12.8 Å². The molecule has 1 aromatic heterocycles. The van der Waals surface area contributed by atoms with Gasteiger partial charge in [0.25, 0.3) is 5.91 Å². The highest BCUT2D eigenvalue weighted by atomic mass is 16.2. The monoisotopic (exact) mass is 294 g/mol. The van der Waals surface area contributed by atoms with E-state index in [0.717, 1.165) is 32.1 Å². The molecule has 1 aliphatic rings. The van der Waals surface area contributed by atoms with Crippen molar-refractivity contribution in [1.82, 2.24) is 25.3 Å². The van der Waals surface area contributed by atoms with E-state index in [2.05, 4.69) is 41.4 Å². The third-order valence-corrected chi connectivity index (χ3v) is 4.36. The second-order valence-electron chi connectivity index (χ2n) is 6.82. The number of nitrogen functional groups attached to an aromatic ring is 1. The van der Waals surface area contributed by atoms with E-state index >= 15 is 0 Å². The Bertz CT molecular complexity index is 470. The van der Waals surface area contributed by atoms with Gasteiger partial charge in [-0.1, -0.05) is 26.0 Å². The summed E-state index contributed by atoms with van der Waals surface area (Å²) in [4.78, 5) is 13.8. The van der Waals surface area contributed by atoms with Crippen LogP contribution in [0.25, 0.3) is 0 Å². The lowest BCUT2D eigenvalue weighted by atomic mass is 9.75. The first-order chi connectivity index (χ1) is 9.90. The predicted molar refractivity (Wildman–Crippen MR) is 80.3 cm³/mol. The van der Waals surface area contributed by atoms with Crippen molar-refractivity contribution in [2.45, 2.75) is 40.2 Å². The van der Waals surface area contributed by atoms with Gasteiger partial charge in [0, 0.05) is 6.54 Å². The summed E-state index contributed by atoms with van der Waals surface area (Å²) in [5.41, 5.74) is 2.71. The van der Waals surface area contributed by atoms with Gasteiger partial charge >= 0.3 is 0 Å². The Morgan fingerprint density at radius 2 is 2.05 bits per heavy atom. The molecule has 1 aliphatic heterocycles. The van der Waals surface area contributed by atoms with Crippen LogP contribution in [0.15, 0.2) is 6.20 Å². The van der Waals surface area contributed by atoms with Gasteiger partial charge in [-0.25, -0.2) is 5.84 Å². The number of hydrogen-bond acceptors (Lipinski definition) is 5. The first kappa shape index (κ1) is 15.9. The average Bonchev–Trinajstić information content (AvgIpc) is 2.92. The lowest BCUT2D eigenvalue weighted by Crippen LogP contribution is -2.39. The van der Waals surface area contributed by atoms with Gasteiger partial charge in [-0.15, -0.1) is 5.10 Å². The number of hydrogen-bond donors (Lipinski definition) is 2. The molecule has 0 saturated carbocycles. The SMILES string of the molecule is CC(C)(C)C1CCN(CCn2cc(C(=O)NN)nn2)CC1. The number of nitrogens with two attached hydrogens (primary N) is 1. The van der Waals surface area contributed by atoms with Crippen molar-refractivity contribution in [2.75, 3.05) is 19.6 Å². The Labute approximate surface area is 125 Å². The molecule has 2 rings (SSSR count). The van der Waals surface area contributed by atoms with E-state index in [0.29, 0.717) is 5.41 Å². The van der Waals surface area contributed by atoms with Crippen LogP contribution in [-0.2, 0) is 6.54 Å². The van der Waals surface area contributed by atoms with Gasteiger partial charge in [0.1, 0.15) is 0 Å². The van der Waals surface area contributed by atoms with Crippen LogP contribution in [0.1, 0.15) is 44.1 Å². The van der Waals surface area contributed by atoms with Crippen molar-refractivity contribution in [3.05, 3.63) is 11.9 Å². The Kier molecular flexibility index (Phi) is 4.95. The smallest absolute Gasteiger partial charge is 0.287 e. The fourth-order valence-electron chi connectivity index (χ4n) is 2.85. The minimum Gasteiger partial charge on any atom is -0.301 e. The third kappa shape index (κ3) is 4.25. The molecular weight excluding hydrogens is 268 g/mol. The standard InChI is InChI=1S/C14H26N6O/c1-14(2,3)11-4-6-19(7-5-11)8-9-20-10-12(17-18-20)13(21)16-15/h10-11H,4-9,15H2,1-3H3,(H,16,21). The molecule has 3 N–H and O–H groups in total. The van der Waals surface area contributed by atoms with Gasteiger partial charge in [0.15, 0.2) is 5.69 Å². The van der Waals surface area contributed by atoms with Gasteiger partial charge in [0.05, 0.1) is 12.7 Å². The number of carbonyl (C=O) groups excluding carboxylic acids is 1. The lowest BCUT2D eigenvalue weighted by Gasteiger charge is -2.38. The maximum Gasteiger partial charge on any atom is 0.287 e. The van der Waals surface area contributed by atoms with Crippen molar-refractivity contribution >= 4 is 5.91 Å². The molecule has 0 unspecified atom stereocenters. The van der Waals surface area contributed by atoms with Crippen LogP contribution in [0.3, 0.4) is 0 Å². The number of carbonyl (C=O) groups is 1. The summed E-state index contributed by atoms with van der Waals surface area (Å²) in [5, 5.41) is 7.74. The molecule has 1 fully saturated rings. The maximum absolute atomic E-state index is 11.3. The highest BCUT2D eigenvalue weighted by Crippen LogP contribution is 2.34. The molecular formula is C14H26N6O. The maximum atomic E-state index is 11.3. The highest BCUT2D eigenvalue weighted by Gasteiger charge is 2.28. The molecule has 0 bridgehead atoms. The van der Waals surface area contributed by atoms with Crippen LogP contribution in [-0.4, -0.2) is 45.4 Å². The molecule has 7 heteroatoms. The van der Waals surface area contributed by atoms with Crippen molar-refractivity contribution < 1.29 is 4.79 Å². The number of nitrogens with zero attached hydrogens (tertiary/aromatic N) is 4. The summed E-state index contributed by atoms with van der Waals surface area (Å²) in [6.07, 6.45) is 4.13. The minimum absolute atomic E-state index is 0.254. The summed E-state index contributed by atoms with van der Waals surface area (Å²) in [7, 11) is 0. The fraction of sp³-hybridized carbons (Fsp3) is 0.786. The van der Waals surface area contributed by atoms with Crippen LogP contribution in [0, 0.1) is 11.3 Å². The van der Waals surface area contributed by atoms with Gasteiger partial charge in [0.2, 0.25) is 0 Å². The molecule has 21 heavy (non-hydrogen) atoms. The van der Waals surface area contributed by atoms with Crippen LogP contribution in [0.5, 0.6) is 0 Å².